The molecule has 110 valence electrons. The lowest BCUT2D eigenvalue weighted by Crippen LogP contribution is -2.20. The van der Waals surface area contributed by atoms with Gasteiger partial charge in [0.25, 0.3) is 10.0 Å². The number of aryl methyl sites for hydroxylation is 1. The SMILES string of the molecule is C/C(=N/NS(=O)(=O)c1ccc(C)cc1)c1ccccc1F. The average Bonchev–Trinajstić information content (AvgIpc) is 2.46. The van der Waals surface area contributed by atoms with E-state index < -0.39 is 15.8 Å². The zero-order valence-corrected chi connectivity index (χ0v) is 12.5. The van der Waals surface area contributed by atoms with E-state index in [0.29, 0.717) is 0 Å². The van der Waals surface area contributed by atoms with Crippen LogP contribution in [0.25, 0.3) is 0 Å². The summed E-state index contributed by atoms with van der Waals surface area (Å²) in [4.78, 5) is 2.22. The summed E-state index contributed by atoms with van der Waals surface area (Å²) in [6.45, 7) is 3.40. The Morgan fingerprint density at radius 3 is 2.33 bits per heavy atom. The third kappa shape index (κ3) is 3.66. The van der Waals surface area contributed by atoms with Crippen molar-refractivity contribution in [1.82, 2.24) is 4.83 Å². The second-order valence-corrected chi connectivity index (χ2v) is 6.25. The summed E-state index contributed by atoms with van der Waals surface area (Å²) >= 11 is 0. The highest BCUT2D eigenvalue weighted by Gasteiger charge is 2.13. The second kappa shape index (κ2) is 6.05. The number of rotatable bonds is 4. The Labute approximate surface area is 123 Å². The predicted molar refractivity (Wildman–Crippen MR) is 80.1 cm³/mol. The number of sulfonamides is 1. The summed E-state index contributed by atoms with van der Waals surface area (Å²) in [7, 11) is -3.75. The Morgan fingerprint density at radius 2 is 1.71 bits per heavy atom. The normalized spacial score (nSPS) is 12.2. The molecule has 2 aromatic rings. The zero-order valence-electron chi connectivity index (χ0n) is 11.7. The first-order valence-corrected chi connectivity index (χ1v) is 7.76. The Morgan fingerprint density at radius 1 is 1.10 bits per heavy atom. The number of benzene rings is 2. The lowest BCUT2D eigenvalue weighted by molar-refractivity contribution is 0.584. The molecular formula is C15H15FN2O2S. The van der Waals surface area contributed by atoms with Crippen molar-refractivity contribution in [3.63, 3.8) is 0 Å². The van der Waals surface area contributed by atoms with Crippen LogP contribution >= 0.6 is 0 Å². The highest BCUT2D eigenvalue weighted by Crippen LogP contribution is 2.11. The second-order valence-electron chi connectivity index (χ2n) is 4.58. The van der Waals surface area contributed by atoms with Crippen molar-refractivity contribution in [2.24, 2.45) is 5.10 Å². The summed E-state index contributed by atoms with van der Waals surface area (Å²) in [5.74, 6) is -0.451. The minimum Gasteiger partial charge on any atom is -0.206 e. The molecule has 0 heterocycles. The summed E-state index contributed by atoms with van der Waals surface area (Å²) in [6, 6.07) is 12.4. The smallest absolute Gasteiger partial charge is 0.206 e. The van der Waals surface area contributed by atoms with Gasteiger partial charge in [0, 0.05) is 5.56 Å². The summed E-state index contributed by atoms with van der Waals surface area (Å²) < 4.78 is 37.7. The third-order valence-corrected chi connectivity index (χ3v) is 4.15. The first-order valence-electron chi connectivity index (χ1n) is 6.28. The fraction of sp³-hybridized carbons (Fsp3) is 0.133. The largest absolute Gasteiger partial charge is 0.276 e. The Hall–Kier alpha value is -2.21. The van der Waals surface area contributed by atoms with Crippen LogP contribution in [0.3, 0.4) is 0 Å². The van der Waals surface area contributed by atoms with Crippen molar-refractivity contribution in [2.45, 2.75) is 18.7 Å². The molecule has 0 unspecified atom stereocenters. The lowest BCUT2D eigenvalue weighted by Gasteiger charge is -2.06. The molecule has 2 rings (SSSR count). The van der Waals surface area contributed by atoms with Crippen molar-refractivity contribution < 1.29 is 12.8 Å². The van der Waals surface area contributed by atoms with Crippen LogP contribution in [0, 0.1) is 12.7 Å². The molecule has 0 spiro atoms. The minimum absolute atomic E-state index is 0.109. The maximum atomic E-state index is 13.6. The van der Waals surface area contributed by atoms with Gasteiger partial charge in [-0.1, -0.05) is 35.9 Å². The lowest BCUT2D eigenvalue weighted by atomic mass is 10.1. The van der Waals surface area contributed by atoms with Crippen LogP contribution in [-0.2, 0) is 10.0 Å². The van der Waals surface area contributed by atoms with Gasteiger partial charge in [0.15, 0.2) is 0 Å². The van der Waals surface area contributed by atoms with Gasteiger partial charge in [0.2, 0.25) is 0 Å². The standard InChI is InChI=1S/C15H15FN2O2S/c1-11-7-9-13(10-8-11)21(19,20)18-17-12(2)14-5-3-4-6-15(14)16/h3-10,18H,1-2H3/b17-12-. The van der Waals surface area contributed by atoms with E-state index in [4.69, 9.17) is 0 Å². The van der Waals surface area contributed by atoms with Gasteiger partial charge in [-0.2, -0.15) is 18.4 Å². The van der Waals surface area contributed by atoms with Crippen LogP contribution in [0.15, 0.2) is 58.5 Å². The van der Waals surface area contributed by atoms with Crippen molar-refractivity contribution >= 4 is 15.7 Å². The van der Waals surface area contributed by atoms with Gasteiger partial charge < -0.3 is 0 Å². The molecule has 0 bridgehead atoms. The third-order valence-electron chi connectivity index (χ3n) is 2.93. The van der Waals surface area contributed by atoms with Crippen LogP contribution in [-0.4, -0.2) is 14.1 Å². The molecule has 6 heteroatoms. The summed E-state index contributed by atoms with van der Waals surface area (Å²) in [5, 5.41) is 3.76. The molecule has 0 aliphatic rings. The van der Waals surface area contributed by atoms with E-state index in [0.717, 1.165) is 5.56 Å². The van der Waals surface area contributed by atoms with E-state index >= 15 is 0 Å². The van der Waals surface area contributed by atoms with E-state index in [-0.39, 0.29) is 16.2 Å². The van der Waals surface area contributed by atoms with Crippen molar-refractivity contribution in [2.75, 3.05) is 0 Å². The number of halogens is 1. The molecule has 0 aliphatic carbocycles. The number of nitrogens with zero attached hydrogens (tertiary/aromatic N) is 1. The molecule has 1 N–H and O–H groups in total. The van der Waals surface area contributed by atoms with E-state index in [9.17, 15) is 12.8 Å². The van der Waals surface area contributed by atoms with E-state index in [1.165, 1.54) is 31.2 Å². The highest BCUT2D eigenvalue weighted by atomic mass is 32.2. The molecule has 0 aliphatic heterocycles. The molecule has 0 saturated heterocycles. The zero-order chi connectivity index (χ0) is 15.5. The molecule has 2 aromatic carbocycles. The van der Waals surface area contributed by atoms with Crippen LogP contribution in [0.4, 0.5) is 4.39 Å². The number of hydrogen-bond acceptors (Lipinski definition) is 3. The predicted octanol–water partition coefficient (Wildman–Crippen LogP) is 2.84. The van der Waals surface area contributed by atoms with Crippen molar-refractivity contribution in [3.8, 4) is 0 Å². The molecule has 0 fully saturated rings. The van der Waals surface area contributed by atoms with Crippen molar-refractivity contribution in [1.29, 1.82) is 0 Å². The average molecular weight is 306 g/mol. The molecule has 0 atom stereocenters. The molecular weight excluding hydrogens is 291 g/mol. The Balaban J connectivity index is 2.23. The fourth-order valence-corrected chi connectivity index (χ4v) is 2.57. The van der Waals surface area contributed by atoms with E-state index in [1.807, 2.05) is 6.92 Å². The van der Waals surface area contributed by atoms with Gasteiger partial charge in [0.05, 0.1) is 10.6 Å². The van der Waals surface area contributed by atoms with Gasteiger partial charge in [-0.3, -0.25) is 0 Å². The molecule has 4 nitrogen and oxygen atoms in total. The first kappa shape index (κ1) is 15.2. The van der Waals surface area contributed by atoms with Gasteiger partial charge in [-0.15, -0.1) is 0 Å². The number of nitrogens with one attached hydrogen (secondary N) is 1. The number of hydrogen-bond donors (Lipinski definition) is 1. The Bertz CT molecular complexity index is 769. The summed E-state index contributed by atoms with van der Waals surface area (Å²) in [5.41, 5.74) is 1.47. The van der Waals surface area contributed by atoms with Gasteiger partial charge in [-0.05, 0) is 32.0 Å². The van der Waals surface area contributed by atoms with Crippen LogP contribution < -0.4 is 4.83 Å². The monoisotopic (exact) mass is 306 g/mol. The molecule has 0 aromatic heterocycles. The van der Waals surface area contributed by atoms with Gasteiger partial charge in [-0.25, -0.2) is 4.39 Å². The first-order chi connectivity index (χ1) is 9.90. The van der Waals surface area contributed by atoms with Crippen LogP contribution in [0.2, 0.25) is 0 Å². The van der Waals surface area contributed by atoms with E-state index in [2.05, 4.69) is 9.93 Å². The van der Waals surface area contributed by atoms with E-state index in [1.54, 1.807) is 24.3 Å². The van der Waals surface area contributed by atoms with Gasteiger partial charge >= 0.3 is 0 Å². The van der Waals surface area contributed by atoms with Crippen LogP contribution in [0.5, 0.6) is 0 Å². The molecule has 21 heavy (non-hydrogen) atoms. The quantitative estimate of drug-likeness (QED) is 0.697. The summed E-state index contributed by atoms with van der Waals surface area (Å²) in [6.07, 6.45) is 0. The molecule has 0 radical (unpaired) electrons. The maximum absolute atomic E-state index is 13.6. The minimum atomic E-state index is -3.75. The molecule has 0 amide bonds. The van der Waals surface area contributed by atoms with Crippen molar-refractivity contribution in [3.05, 3.63) is 65.5 Å². The highest BCUT2D eigenvalue weighted by molar-refractivity contribution is 7.89. The van der Waals surface area contributed by atoms with Gasteiger partial charge in [0.1, 0.15) is 5.82 Å². The maximum Gasteiger partial charge on any atom is 0.276 e. The number of hydrazone groups is 1. The molecule has 0 saturated carbocycles. The fourth-order valence-electron chi connectivity index (χ4n) is 1.71. The van der Waals surface area contributed by atoms with Crippen LogP contribution in [0.1, 0.15) is 18.1 Å². The topological polar surface area (TPSA) is 58.5 Å². The Kier molecular flexibility index (Phi) is 4.37.